The highest BCUT2D eigenvalue weighted by Gasteiger charge is 2.12. The number of hydrogen-bond donors (Lipinski definition) is 2. The van der Waals surface area contributed by atoms with E-state index in [1.165, 1.54) is 11.8 Å². The topological polar surface area (TPSA) is 79.9 Å². The van der Waals surface area contributed by atoms with E-state index in [0.717, 1.165) is 34.5 Å². The summed E-state index contributed by atoms with van der Waals surface area (Å²) in [5.74, 6) is 1.62. The lowest BCUT2D eigenvalue weighted by Gasteiger charge is -2.12. The Hall–Kier alpha value is -2.80. The Labute approximate surface area is 162 Å². The highest BCUT2D eigenvalue weighted by molar-refractivity contribution is 7.99. The molecule has 1 heterocycles. The highest BCUT2D eigenvalue weighted by atomic mass is 32.2. The first-order chi connectivity index (χ1) is 13.1. The summed E-state index contributed by atoms with van der Waals surface area (Å²) in [6.07, 6.45) is 0.872. The van der Waals surface area contributed by atoms with Crippen LogP contribution in [0.4, 0.5) is 5.69 Å². The fraction of sp³-hybridized carbons (Fsp3) is 0.250. The minimum atomic E-state index is -0.0696. The van der Waals surface area contributed by atoms with Gasteiger partial charge in [-0.15, -0.1) is 5.10 Å². The maximum atomic E-state index is 12.3. The van der Waals surface area contributed by atoms with Gasteiger partial charge in [-0.05, 0) is 48.7 Å². The van der Waals surface area contributed by atoms with E-state index in [4.69, 9.17) is 4.74 Å². The molecular formula is C20H22N4O2S. The summed E-state index contributed by atoms with van der Waals surface area (Å²) in [7, 11) is 1.63. The summed E-state index contributed by atoms with van der Waals surface area (Å²) in [4.78, 5) is 16.8. The number of hydrogen-bond acceptors (Lipinski definition) is 5. The smallest absolute Gasteiger partial charge is 0.234 e. The van der Waals surface area contributed by atoms with Gasteiger partial charge in [0.15, 0.2) is 5.82 Å². The molecule has 7 heteroatoms. The first kappa shape index (κ1) is 19.0. The number of aryl methyl sites for hydroxylation is 2. The van der Waals surface area contributed by atoms with Crippen LogP contribution < -0.4 is 10.1 Å². The Bertz CT molecular complexity index is 922. The van der Waals surface area contributed by atoms with Crippen LogP contribution in [0.5, 0.6) is 5.75 Å². The predicted octanol–water partition coefficient (Wildman–Crippen LogP) is 4.08. The second kappa shape index (κ2) is 8.73. The van der Waals surface area contributed by atoms with Gasteiger partial charge in [0.05, 0.1) is 12.9 Å². The molecule has 0 fully saturated rings. The zero-order valence-corrected chi connectivity index (χ0v) is 16.4. The molecule has 1 amide bonds. The Morgan fingerprint density at radius 2 is 2.00 bits per heavy atom. The van der Waals surface area contributed by atoms with Crippen molar-refractivity contribution >= 4 is 23.4 Å². The maximum absolute atomic E-state index is 12.3. The van der Waals surface area contributed by atoms with Crippen molar-refractivity contribution in [2.75, 3.05) is 18.2 Å². The maximum Gasteiger partial charge on any atom is 0.234 e. The molecule has 0 aliphatic heterocycles. The number of thioether (sulfide) groups is 1. The van der Waals surface area contributed by atoms with Gasteiger partial charge in [0.2, 0.25) is 11.1 Å². The van der Waals surface area contributed by atoms with Crippen molar-refractivity contribution < 1.29 is 9.53 Å². The van der Waals surface area contributed by atoms with Gasteiger partial charge in [-0.3, -0.25) is 9.89 Å². The molecule has 0 bridgehead atoms. The molecule has 0 radical (unpaired) electrons. The fourth-order valence-corrected chi connectivity index (χ4v) is 3.29. The molecule has 3 aromatic rings. The number of carbonyl (C=O) groups excluding carboxylic acids is 1. The monoisotopic (exact) mass is 382 g/mol. The lowest BCUT2D eigenvalue weighted by Crippen LogP contribution is -2.16. The number of aromatic nitrogens is 3. The third-order valence-corrected chi connectivity index (χ3v) is 5.01. The summed E-state index contributed by atoms with van der Waals surface area (Å²) in [5.41, 5.74) is 4.01. The second-order valence-electron chi connectivity index (χ2n) is 5.99. The van der Waals surface area contributed by atoms with Crippen molar-refractivity contribution in [3.63, 3.8) is 0 Å². The number of anilines is 1. The van der Waals surface area contributed by atoms with Crippen LogP contribution in [-0.4, -0.2) is 34.0 Å². The Kier molecular flexibility index (Phi) is 6.13. The zero-order chi connectivity index (χ0) is 19.2. The number of nitrogens with zero attached hydrogens (tertiary/aromatic N) is 2. The van der Waals surface area contributed by atoms with E-state index in [9.17, 15) is 4.79 Å². The van der Waals surface area contributed by atoms with Crippen molar-refractivity contribution in [2.24, 2.45) is 0 Å². The fourth-order valence-electron chi connectivity index (χ4n) is 2.70. The van der Waals surface area contributed by atoms with E-state index in [0.29, 0.717) is 11.0 Å². The molecule has 0 saturated carbocycles. The molecule has 2 N–H and O–H groups in total. The van der Waals surface area contributed by atoms with Crippen molar-refractivity contribution in [3.8, 4) is 17.1 Å². The van der Waals surface area contributed by atoms with Gasteiger partial charge in [0, 0.05) is 11.3 Å². The lowest BCUT2D eigenvalue weighted by atomic mass is 10.1. The van der Waals surface area contributed by atoms with Crippen molar-refractivity contribution in [1.82, 2.24) is 15.2 Å². The zero-order valence-electron chi connectivity index (χ0n) is 15.6. The number of methoxy groups -OCH3 is 1. The standard InChI is InChI=1S/C20H22N4O2S/c1-4-14-7-5-6-13(2)18(14)21-17(25)12-27-20-22-19(23-24-20)15-8-10-16(26-3)11-9-15/h5-11H,4,12H2,1-3H3,(H,21,25)(H,22,23,24). The summed E-state index contributed by atoms with van der Waals surface area (Å²) < 4.78 is 5.15. The summed E-state index contributed by atoms with van der Waals surface area (Å²) >= 11 is 1.30. The van der Waals surface area contributed by atoms with Crippen LogP contribution in [-0.2, 0) is 11.2 Å². The van der Waals surface area contributed by atoms with Crippen LogP contribution in [0.25, 0.3) is 11.4 Å². The van der Waals surface area contributed by atoms with Gasteiger partial charge in [0.25, 0.3) is 0 Å². The number of carbonyl (C=O) groups is 1. The molecule has 3 rings (SSSR count). The van der Waals surface area contributed by atoms with E-state index in [1.54, 1.807) is 7.11 Å². The predicted molar refractivity (Wildman–Crippen MR) is 108 cm³/mol. The summed E-state index contributed by atoms with van der Waals surface area (Å²) in [6.45, 7) is 4.08. The number of rotatable bonds is 7. The molecule has 140 valence electrons. The van der Waals surface area contributed by atoms with Crippen LogP contribution in [0.15, 0.2) is 47.6 Å². The molecule has 1 aromatic heterocycles. The largest absolute Gasteiger partial charge is 0.497 e. The molecule has 27 heavy (non-hydrogen) atoms. The molecule has 0 atom stereocenters. The number of nitrogens with one attached hydrogen (secondary N) is 2. The lowest BCUT2D eigenvalue weighted by molar-refractivity contribution is -0.113. The van der Waals surface area contributed by atoms with E-state index in [2.05, 4.69) is 27.4 Å². The third-order valence-electron chi connectivity index (χ3n) is 4.17. The Morgan fingerprint density at radius 1 is 1.22 bits per heavy atom. The van der Waals surface area contributed by atoms with Crippen molar-refractivity contribution in [2.45, 2.75) is 25.4 Å². The van der Waals surface area contributed by atoms with Crippen LogP contribution >= 0.6 is 11.8 Å². The minimum Gasteiger partial charge on any atom is -0.497 e. The second-order valence-corrected chi connectivity index (χ2v) is 6.94. The first-order valence-electron chi connectivity index (χ1n) is 8.68. The molecule has 0 spiro atoms. The number of H-pyrrole nitrogens is 1. The molecule has 0 aliphatic carbocycles. The van der Waals surface area contributed by atoms with E-state index < -0.39 is 0 Å². The van der Waals surface area contributed by atoms with Gasteiger partial charge < -0.3 is 10.1 Å². The Morgan fingerprint density at radius 3 is 2.70 bits per heavy atom. The molecule has 2 aromatic carbocycles. The molecule has 0 saturated heterocycles. The molecule has 0 aliphatic rings. The molecule has 0 unspecified atom stereocenters. The number of amides is 1. The first-order valence-corrected chi connectivity index (χ1v) is 9.67. The van der Waals surface area contributed by atoms with Crippen LogP contribution in [0, 0.1) is 6.92 Å². The van der Waals surface area contributed by atoms with Gasteiger partial charge in [0.1, 0.15) is 5.75 Å². The Balaban J connectivity index is 1.60. The third kappa shape index (κ3) is 4.68. The number of para-hydroxylation sites is 1. The average Bonchev–Trinajstić information content (AvgIpc) is 3.17. The van der Waals surface area contributed by atoms with Crippen LogP contribution in [0.2, 0.25) is 0 Å². The van der Waals surface area contributed by atoms with Gasteiger partial charge >= 0.3 is 0 Å². The minimum absolute atomic E-state index is 0.0696. The van der Waals surface area contributed by atoms with Gasteiger partial charge in [-0.25, -0.2) is 4.98 Å². The number of aromatic amines is 1. The van der Waals surface area contributed by atoms with Gasteiger partial charge in [-0.2, -0.15) is 0 Å². The van der Waals surface area contributed by atoms with Crippen molar-refractivity contribution in [1.29, 1.82) is 0 Å². The van der Waals surface area contributed by atoms with Crippen LogP contribution in [0.1, 0.15) is 18.1 Å². The quantitative estimate of drug-likeness (QED) is 0.602. The number of ether oxygens (including phenoxy) is 1. The van der Waals surface area contributed by atoms with E-state index in [-0.39, 0.29) is 11.7 Å². The molecular weight excluding hydrogens is 360 g/mol. The SMILES string of the molecule is CCc1cccc(C)c1NC(=O)CSc1n[nH]c(-c2ccc(OC)cc2)n1. The van der Waals surface area contributed by atoms with Gasteiger partial charge in [-0.1, -0.05) is 36.9 Å². The average molecular weight is 382 g/mol. The number of benzene rings is 2. The summed E-state index contributed by atoms with van der Waals surface area (Å²) in [6, 6.07) is 13.6. The van der Waals surface area contributed by atoms with Crippen molar-refractivity contribution in [3.05, 3.63) is 53.6 Å². The summed E-state index contributed by atoms with van der Waals surface area (Å²) in [5, 5.41) is 10.6. The van der Waals surface area contributed by atoms with E-state index >= 15 is 0 Å². The molecule has 6 nitrogen and oxygen atoms in total. The van der Waals surface area contributed by atoms with Crippen LogP contribution in [0.3, 0.4) is 0 Å². The highest BCUT2D eigenvalue weighted by Crippen LogP contribution is 2.23. The normalized spacial score (nSPS) is 10.6. The van der Waals surface area contributed by atoms with E-state index in [1.807, 2.05) is 49.4 Å².